The summed E-state index contributed by atoms with van der Waals surface area (Å²) in [6.45, 7) is 0. The molecule has 0 fully saturated rings. The zero-order valence-corrected chi connectivity index (χ0v) is 10.4. The van der Waals surface area contributed by atoms with Crippen LogP contribution in [0.5, 0.6) is 0 Å². The average Bonchev–Trinajstić information content (AvgIpc) is 2.30. The molecule has 2 N–H and O–H groups in total. The van der Waals surface area contributed by atoms with E-state index in [1.165, 1.54) is 0 Å². The van der Waals surface area contributed by atoms with Crippen molar-refractivity contribution in [1.82, 2.24) is 4.98 Å². The summed E-state index contributed by atoms with van der Waals surface area (Å²) < 4.78 is 0. The highest BCUT2D eigenvalue weighted by atomic mass is 35.5. The molecule has 2 aromatic rings. The highest BCUT2D eigenvalue weighted by Gasteiger charge is 1.99. The summed E-state index contributed by atoms with van der Waals surface area (Å²) in [5, 5.41) is 0.636. The molecule has 0 amide bonds. The number of benzene rings is 1. The molecule has 0 saturated carbocycles. The van der Waals surface area contributed by atoms with E-state index in [1.54, 1.807) is 24.4 Å². The van der Waals surface area contributed by atoms with Gasteiger partial charge in [0.25, 0.3) is 0 Å². The van der Waals surface area contributed by atoms with Gasteiger partial charge in [-0.05, 0) is 24.3 Å². The van der Waals surface area contributed by atoms with Gasteiger partial charge < -0.3 is 5.73 Å². The van der Waals surface area contributed by atoms with Crippen molar-refractivity contribution >= 4 is 35.7 Å². The van der Waals surface area contributed by atoms with Gasteiger partial charge in [0.2, 0.25) is 0 Å². The Balaban J connectivity index is 0.00000144. The number of nitrogens with zero attached hydrogens (tertiary/aromatic N) is 2. The minimum Gasteiger partial charge on any atom is -0.383 e. The van der Waals surface area contributed by atoms with E-state index in [2.05, 4.69) is 9.98 Å². The molecule has 0 spiro atoms. The van der Waals surface area contributed by atoms with Crippen LogP contribution in [0, 0.1) is 0 Å². The van der Waals surface area contributed by atoms with E-state index in [1.807, 2.05) is 24.3 Å². The Kier molecular flexibility index (Phi) is 4.94. The van der Waals surface area contributed by atoms with Gasteiger partial charge in [-0.25, -0.2) is 9.98 Å². The molecular weight excluding hydrogens is 257 g/mol. The summed E-state index contributed by atoms with van der Waals surface area (Å²) in [7, 11) is 0. The van der Waals surface area contributed by atoms with Crippen molar-refractivity contribution < 1.29 is 0 Å². The molecule has 0 aliphatic rings. The predicted octanol–water partition coefficient (Wildman–Crippen LogP) is 3.19. The highest BCUT2D eigenvalue weighted by molar-refractivity contribution is 6.31. The van der Waals surface area contributed by atoms with E-state index < -0.39 is 0 Å². The summed E-state index contributed by atoms with van der Waals surface area (Å²) in [5.41, 5.74) is 6.64. The third-order valence-electron chi connectivity index (χ3n) is 2.00. The molecule has 0 bridgehead atoms. The molecule has 0 unspecified atom stereocenters. The van der Waals surface area contributed by atoms with Gasteiger partial charge in [-0.3, -0.25) is 0 Å². The van der Waals surface area contributed by atoms with Crippen LogP contribution >= 0.6 is 24.0 Å². The second-order valence-corrected chi connectivity index (χ2v) is 3.63. The van der Waals surface area contributed by atoms with Crippen LogP contribution in [-0.2, 0) is 0 Å². The lowest BCUT2D eigenvalue weighted by Gasteiger charge is -2.00. The van der Waals surface area contributed by atoms with Crippen molar-refractivity contribution in [1.29, 1.82) is 0 Å². The number of aromatic nitrogens is 1. The maximum Gasteiger partial charge on any atom is 0.154 e. The molecule has 1 aromatic heterocycles. The first-order chi connectivity index (χ1) is 7.75. The third-order valence-corrected chi connectivity index (χ3v) is 2.24. The molecule has 1 heterocycles. The Labute approximate surface area is 111 Å². The first-order valence-electron chi connectivity index (χ1n) is 4.77. The number of hydrogen-bond acceptors (Lipinski definition) is 2. The Morgan fingerprint density at radius 1 is 1.18 bits per heavy atom. The summed E-state index contributed by atoms with van der Waals surface area (Å²) in [6, 6.07) is 12.7. The van der Waals surface area contributed by atoms with Crippen LogP contribution in [0.4, 0.5) is 5.82 Å². The van der Waals surface area contributed by atoms with Gasteiger partial charge in [0, 0.05) is 16.8 Å². The Hall–Kier alpha value is -1.58. The zero-order chi connectivity index (χ0) is 11.4. The maximum atomic E-state index is 5.87. The smallest absolute Gasteiger partial charge is 0.154 e. The number of pyridine rings is 1. The molecule has 1 aromatic carbocycles. The molecule has 0 aliphatic heterocycles. The molecular formula is C12H11Cl2N3. The van der Waals surface area contributed by atoms with Gasteiger partial charge in [0.05, 0.1) is 0 Å². The van der Waals surface area contributed by atoms with Crippen LogP contribution in [0.1, 0.15) is 5.56 Å². The fraction of sp³-hybridized carbons (Fsp3) is 0. The van der Waals surface area contributed by atoms with E-state index in [0.717, 1.165) is 5.56 Å². The Morgan fingerprint density at radius 2 is 2.00 bits per heavy atom. The molecule has 0 atom stereocenters. The van der Waals surface area contributed by atoms with E-state index in [0.29, 0.717) is 16.7 Å². The molecule has 0 aliphatic carbocycles. The highest BCUT2D eigenvalue weighted by Crippen LogP contribution is 2.12. The number of aliphatic imine (C=N–C) groups is 1. The Morgan fingerprint density at radius 3 is 2.65 bits per heavy atom. The van der Waals surface area contributed by atoms with Crippen molar-refractivity contribution in [3.63, 3.8) is 0 Å². The van der Waals surface area contributed by atoms with Crippen LogP contribution < -0.4 is 5.73 Å². The summed E-state index contributed by atoms with van der Waals surface area (Å²) in [4.78, 5) is 8.26. The van der Waals surface area contributed by atoms with E-state index in [-0.39, 0.29) is 12.4 Å². The normalized spacial score (nSPS) is 10.8. The van der Waals surface area contributed by atoms with Gasteiger partial charge in [-0.1, -0.05) is 29.8 Å². The topological polar surface area (TPSA) is 51.3 Å². The lowest BCUT2D eigenvalue weighted by atomic mass is 10.2. The van der Waals surface area contributed by atoms with Crippen LogP contribution in [0.25, 0.3) is 0 Å². The standard InChI is InChI=1S/C12H10ClN3.ClH/c13-10-5-3-4-9(8-10)12(14)16-11-6-1-2-7-15-11;/h1-8H,(H2,14,15,16);1H. The lowest BCUT2D eigenvalue weighted by Crippen LogP contribution is -2.12. The number of amidine groups is 1. The van der Waals surface area contributed by atoms with Gasteiger partial charge in [-0.2, -0.15) is 0 Å². The summed E-state index contributed by atoms with van der Waals surface area (Å²) in [6.07, 6.45) is 1.67. The van der Waals surface area contributed by atoms with Gasteiger partial charge in [-0.15, -0.1) is 12.4 Å². The van der Waals surface area contributed by atoms with Crippen molar-refractivity contribution in [2.45, 2.75) is 0 Å². The zero-order valence-electron chi connectivity index (χ0n) is 8.88. The van der Waals surface area contributed by atoms with E-state index in [9.17, 15) is 0 Å². The van der Waals surface area contributed by atoms with Crippen molar-refractivity contribution in [2.24, 2.45) is 10.7 Å². The van der Waals surface area contributed by atoms with Crippen molar-refractivity contribution in [2.75, 3.05) is 0 Å². The first kappa shape index (κ1) is 13.5. The number of nitrogens with two attached hydrogens (primary N) is 1. The molecule has 2 rings (SSSR count). The van der Waals surface area contributed by atoms with Gasteiger partial charge >= 0.3 is 0 Å². The minimum absolute atomic E-state index is 0. The number of hydrogen-bond donors (Lipinski definition) is 1. The first-order valence-corrected chi connectivity index (χ1v) is 5.14. The van der Waals surface area contributed by atoms with Gasteiger partial charge in [0.15, 0.2) is 5.82 Å². The molecule has 5 heteroatoms. The van der Waals surface area contributed by atoms with E-state index >= 15 is 0 Å². The second kappa shape index (κ2) is 6.23. The third kappa shape index (κ3) is 3.73. The van der Waals surface area contributed by atoms with Crippen LogP contribution in [-0.4, -0.2) is 10.8 Å². The minimum atomic E-state index is 0. The number of rotatable bonds is 2. The molecule has 88 valence electrons. The van der Waals surface area contributed by atoms with Crippen molar-refractivity contribution in [3.8, 4) is 0 Å². The largest absolute Gasteiger partial charge is 0.383 e. The molecule has 17 heavy (non-hydrogen) atoms. The molecule has 3 nitrogen and oxygen atoms in total. The van der Waals surface area contributed by atoms with Crippen LogP contribution in [0.3, 0.4) is 0 Å². The molecule has 0 saturated heterocycles. The van der Waals surface area contributed by atoms with E-state index in [4.69, 9.17) is 17.3 Å². The fourth-order valence-corrected chi connectivity index (χ4v) is 1.45. The number of halogens is 2. The van der Waals surface area contributed by atoms with Gasteiger partial charge in [0.1, 0.15) is 5.84 Å². The Bertz CT molecular complexity index is 512. The van der Waals surface area contributed by atoms with Crippen LogP contribution in [0.2, 0.25) is 5.02 Å². The monoisotopic (exact) mass is 267 g/mol. The second-order valence-electron chi connectivity index (χ2n) is 3.20. The summed E-state index contributed by atoms with van der Waals surface area (Å²) >= 11 is 5.87. The van der Waals surface area contributed by atoms with Crippen LogP contribution in [0.15, 0.2) is 53.7 Å². The SMILES string of the molecule is Cl.N/C(=N\c1ccccn1)c1cccc(Cl)c1. The fourth-order valence-electron chi connectivity index (χ4n) is 1.26. The quantitative estimate of drug-likeness (QED) is 0.671. The molecule has 0 radical (unpaired) electrons. The average molecular weight is 268 g/mol. The maximum absolute atomic E-state index is 5.87. The lowest BCUT2D eigenvalue weighted by molar-refractivity contribution is 1.26. The predicted molar refractivity (Wildman–Crippen MR) is 73.3 cm³/mol. The van der Waals surface area contributed by atoms with Crippen molar-refractivity contribution in [3.05, 3.63) is 59.2 Å². The summed E-state index contributed by atoms with van der Waals surface area (Å²) in [5.74, 6) is 0.987.